The quantitative estimate of drug-likeness (QED) is 0.673. The van der Waals surface area contributed by atoms with E-state index in [1.54, 1.807) is 24.3 Å². The van der Waals surface area contributed by atoms with Crippen molar-refractivity contribution in [3.63, 3.8) is 0 Å². The van der Waals surface area contributed by atoms with Gasteiger partial charge in [0.1, 0.15) is 5.82 Å². The molecule has 0 unspecified atom stereocenters. The molecule has 2 aromatic rings. The molecule has 174 valence electrons. The zero-order valence-corrected chi connectivity index (χ0v) is 19.0. The Kier molecular flexibility index (Phi) is 7.93. The molecule has 1 aliphatic heterocycles. The van der Waals surface area contributed by atoms with Crippen LogP contribution < -0.4 is 14.2 Å². The monoisotopic (exact) mass is 446 g/mol. The first-order chi connectivity index (χ1) is 15.4. The van der Waals surface area contributed by atoms with Crippen LogP contribution in [0.15, 0.2) is 36.4 Å². The van der Waals surface area contributed by atoms with Crippen LogP contribution in [0.25, 0.3) is 0 Å². The van der Waals surface area contributed by atoms with E-state index in [0.29, 0.717) is 42.4 Å². The van der Waals surface area contributed by atoms with Crippen LogP contribution in [0.1, 0.15) is 25.0 Å². The van der Waals surface area contributed by atoms with Crippen LogP contribution in [0.2, 0.25) is 0 Å². The van der Waals surface area contributed by atoms with Gasteiger partial charge in [0.05, 0.1) is 20.8 Å². The van der Waals surface area contributed by atoms with Crippen molar-refractivity contribution in [3.05, 3.63) is 53.3 Å². The Balaban J connectivity index is 1.63. The van der Waals surface area contributed by atoms with E-state index in [2.05, 4.69) is 11.8 Å². The Labute approximate surface area is 188 Å². The minimum Gasteiger partial charge on any atom is -0.493 e. The molecule has 0 radical (unpaired) electrons. The van der Waals surface area contributed by atoms with Gasteiger partial charge in [-0.25, -0.2) is 4.39 Å². The van der Waals surface area contributed by atoms with E-state index in [0.717, 1.165) is 5.56 Å². The van der Waals surface area contributed by atoms with Crippen molar-refractivity contribution >= 4 is 5.91 Å². The molecule has 1 amide bonds. The zero-order chi connectivity index (χ0) is 23.3. The topological polar surface area (TPSA) is 71.5 Å². The highest BCUT2D eigenvalue weighted by molar-refractivity contribution is 5.78. The largest absolute Gasteiger partial charge is 0.493 e. The Bertz CT molecular complexity index is 896. The number of aliphatic hydroxyl groups excluding tert-OH is 1. The van der Waals surface area contributed by atoms with Crippen LogP contribution in [-0.4, -0.2) is 66.8 Å². The number of carbonyl (C=O) groups excluding carboxylic acids is 1. The highest BCUT2D eigenvalue weighted by Crippen LogP contribution is 2.38. The number of benzene rings is 2. The van der Waals surface area contributed by atoms with Gasteiger partial charge in [-0.15, -0.1) is 0 Å². The maximum absolute atomic E-state index is 13.2. The third-order valence-electron chi connectivity index (χ3n) is 5.78. The van der Waals surface area contributed by atoms with Crippen LogP contribution in [0.4, 0.5) is 4.39 Å². The summed E-state index contributed by atoms with van der Waals surface area (Å²) in [5.41, 5.74) is 1.66. The van der Waals surface area contributed by atoms with E-state index in [4.69, 9.17) is 14.2 Å². The van der Waals surface area contributed by atoms with Crippen molar-refractivity contribution in [2.24, 2.45) is 0 Å². The van der Waals surface area contributed by atoms with Crippen LogP contribution >= 0.6 is 0 Å². The molecule has 1 saturated heterocycles. The van der Waals surface area contributed by atoms with E-state index in [-0.39, 0.29) is 37.0 Å². The summed E-state index contributed by atoms with van der Waals surface area (Å²) >= 11 is 0. The maximum atomic E-state index is 13.2. The molecule has 8 heteroatoms. The summed E-state index contributed by atoms with van der Waals surface area (Å²) in [5.74, 6) is 0.751. The minimum atomic E-state index is -0.246. The fraction of sp³-hybridized carbons (Fsp3) is 0.458. The number of hydrogen-bond acceptors (Lipinski definition) is 6. The number of carbonyl (C=O) groups is 1. The minimum absolute atomic E-state index is 0.00306. The third-order valence-corrected chi connectivity index (χ3v) is 5.78. The van der Waals surface area contributed by atoms with E-state index >= 15 is 0 Å². The Hall–Kier alpha value is -2.84. The number of aliphatic hydroxyl groups is 1. The normalized spacial score (nSPS) is 19.0. The molecule has 0 saturated carbocycles. The Morgan fingerprint density at radius 1 is 1.03 bits per heavy atom. The van der Waals surface area contributed by atoms with E-state index < -0.39 is 0 Å². The molecule has 1 aliphatic rings. The fourth-order valence-electron chi connectivity index (χ4n) is 3.97. The lowest BCUT2D eigenvalue weighted by atomic mass is 10.1. The van der Waals surface area contributed by atoms with Gasteiger partial charge in [0.2, 0.25) is 5.75 Å². The van der Waals surface area contributed by atoms with E-state index in [1.165, 1.54) is 26.4 Å². The molecule has 0 bridgehead atoms. The Morgan fingerprint density at radius 2 is 1.66 bits per heavy atom. The molecule has 7 nitrogen and oxygen atoms in total. The van der Waals surface area contributed by atoms with Gasteiger partial charge in [-0.05, 0) is 49.2 Å². The number of nitrogens with zero attached hydrogens (tertiary/aromatic N) is 2. The van der Waals surface area contributed by atoms with Crippen LogP contribution in [0.3, 0.4) is 0 Å². The number of methoxy groups -OCH3 is 2. The molecule has 1 N–H and O–H groups in total. The first-order valence-corrected chi connectivity index (χ1v) is 10.6. The summed E-state index contributed by atoms with van der Waals surface area (Å²) in [6.45, 7) is 5.76. The SMILES string of the molecule is COc1cc(CO)cc(OC)c1OCC(=O)N1C[C@@H](C)N(Cc2ccc(F)cc2)C[C@@H]1C. The third kappa shape index (κ3) is 5.49. The molecule has 32 heavy (non-hydrogen) atoms. The van der Waals surface area contributed by atoms with Gasteiger partial charge in [-0.2, -0.15) is 0 Å². The van der Waals surface area contributed by atoms with Gasteiger partial charge in [0.15, 0.2) is 18.1 Å². The van der Waals surface area contributed by atoms with Gasteiger partial charge in [0.25, 0.3) is 5.91 Å². The predicted molar refractivity (Wildman–Crippen MR) is 118 cm³/mol. The molecular weight excluding hydrogens is 415 g/mol. The van der Waals surface area contributed by atoms with Gasteiger partial charge in [-0.1, -0.05) is 12.1 Å². The zero-order valence-electron chi connectivity index (χ0n) is 19.0. The summed E-state index contributed by atoms with van der Waals surface area (Å²) in [5, 5.41) is 9.40. The van der Waals surface area contributed by atoms with Crippen molar-refractivity contribution in [1.29, 1.82) is 0 Å². The lowest BCUT2D eigenvalue weighted by Gasteiger charge is -2.44. The Morgan fingerprint density at radius 3 is 2.22 bits per heavy atom. The number of rotatable bonds is 8. The van der Waals surface area contributed by atoms with E-state index in [1.807, 2.05) is 11.8 Å². The number of amides is 1. The molecule has 1 fully saturated rings. The summed E-state index contributed by atoms with van der Waals surface area (Å²) in [6, 6.07) is 9.98. The van der Waals surface area contributed by atoms with Crippen molar-refractivity contribution in [3.8, 4) is 17.2 Å². The molecule has 2 aromatic carbocycles. The highest BCUT2D eigenvalue weighted by Gasteiger charge is 2.32. The first kappa shape index (κ1) is 23.8. The van der Waals surface area contributed by atoms with Gasteiger partial charge < -0.3 is 24.2 Å². The second-order valence-corrected chi connectivity index (χ2v) is 8.08. The standard InChI is InChI=1S/C24H31FN2O5/c1-16-12-27(17(2)11-26(16)13-18-5-7-20(25)8-6-18)23(29)15-32-24-21(30-3)9-19(14-28)10-22(24)31-4/h5-10,16-17,28H,11-15H2,1-4H3/t16-,17+/m1/s1. The summed E-state index contributed by atoms with van der Waals surface area (Å²) in [7, 11) is 2.99. The summed E-state index contributed by atoms with van der Waals surface area (Å²) in [4.78, 5) is 17.1. The van der Waals surface area contributed by atoms with Gasteiger partial charge >= 0.3 is 0 Å². The molecule has 3 rings (SSSR count). The number of ether oxygens (including phenoxy) is 3. The van der Waals surface area contributed by atoms with Crippen LogP contribution in [0.5, 0.6) is 17.2 Å². The van der Waals surface area contributed by atoms with Gasteiger partial charge in [0, 0.05) is 31.7 Å². The van der Waals surface area contributed by atoms with Crippen molar-refractivity contribution in [2.45, 2.75) is 39.1 Å². The molecular formula is C24H31FN2O5. The average molecular weight is 447 g/mol. The molecule has 0 spiro atoms. The number of halogens is 1. The van der Waals surface area contributed by atoms with E-state index in [9.17, 15) is 14.3 Å². The van der Waals surface area contributed by atoms with Gasteiger partial charge in [-0.3, -0.25) is 9.69 Å². The average Bonchev–Trinajstić information content (AvgIpc) is 2.80. The molecule has 1 heterocycles. The second-order valence-electron chi connectivity index (χ2n) is 8.08. The molecule has 0 aliphatic carbocycles. The van der Waals surface area contributed by atoms with Crippen molar-refractivity contribution in [1.82, 2.24) is 9.80 Å². The molecule has 2 atom stereocenters. The predicted octanol–water partition coefficient (Wildman–Crippen LogP) is 2.84. The second kappa shape index (κ2) is 10.7. The van der Waals surface area contributed by atoms with Crippen molar-refractivity contribution in [2.75, 3.05) is 33.9 Å². The molecule has 0 aromatic heterocycles. The highest BCUT2D eigenvalue weighted by atomic mass is 19.1. The lowest BCUT2D eigenvalue weighted by molar-refractivity contribution is -0.139. The van der Waals surface area contributed by atoms with Crippen LogP contribution in [0, 0.1) is 5.82 Å². The lowest BCUT2D eigenvalue weighted by Crippen LogP contribution is -2.58. The first-order valence-electron chi connectivity index (χ1n) is 10.6. The van der Waals surface area contributed by atoms with Crippen molar-refractivity contribution < 1.29 is 28.5 Å². The summed E-state index contributed by atoms with van der Waals surface area (Å²) < 4.78 is 29.7. The maximum Gasteiger partial charge on any atom is 0.260 e. The van der Waals surface area contributed by atoms with Crippen LogP contribution in [-0.2, 0) is 17.9 Å². The number of hydrogen-bond donors (Lipinski definition) is 1. The number of piperazine rings is 1. The fourth-order valence-corrected chi connectivity index (χ4v) is 3.97. The smallest absolute Gasteiger partial charge is 0.260 e. The summed E-state index contributed by atoms with van der Waals surface area (Å²) in [6.07, 6.45) is 0.